The van der Waals surface area contributed by atoms with Gasteiger partial charge in [-0.2, -0.15) is 0 Å². The molecule has 2 nitrogen and oxygen atoms in total. The van der Waals surface area contributed by atoms with Crippen LogP contribution in [0, 0.1) is 0 Å². The number of fused-ring (bicyclic) bond motifs is 4. The molecule has 48 heavy (non-hydrogen) atoms. The molecule has 0 aliphatic rings. The van der Waals surface area contributed by atoms with Crippen LogP contribution >= 0.6 is 0 Å². The van der Waals surface area contributed by atoms with Crippen molar-refractivity contribution in [3.8, 4) is 27.9 Å². The Kier molecular flexibility index (Phi) is 6.84. The minimum Gasteiger partial charge on any atom is -0.310 e. The molecule has 0 amide bonds. The van der Waals surface area contributed by atoms with Crippen LogP contribution < -0.4 is 4.90 Å². The van der Waals surface area contributed by atoms with Gasteiger partial charge in [0.1, 0.15) is 0 Å². The van der Waals surface area contributed by atoms with Crippen LogP contribution in [0.1, 0.15) is 0 Å². The molecule has 2 heteroatoms. The van der Waals surface area contributed by atoms with Crippen molar-refractivity contribution in [1.82, 2.24) is 4.57 Å². The topological polar surface area (TPSA) is 8.17 Å². The first-order valence-electron chi connectivity index (χ1n) is 16.5. The Hall–Kier alpha value is -6.38. The highest BCUT2D eigenvalue weighted by atomic mass is 15.1. The minimum absolute atomic E-state index is 1.11. The van der Waals surface area contributed by atoms with Crippen LogP contribution in [-0.2, 0) is 0 Å². The molecule has 0 bridgehead atoms. The summed E-state index contributed by atoms with van der Waals surface area (Å²) in [6.07, 6.45) is 0. The fourth-order valence-corrected chi connectivity index (χ4v) is 7.26. The van der Waals surface area contributed by atoms with Crippen molar-refractivity contribution in [2.75, 3.05) is 4.90 Å². The number of nitrogens with zero attached hydrogens (tertiary/aromatic N) is 2. The lowest BCUT2D eigenvalue weighted by molar-refractivity contribution is 1.18. The van der Waals surface area contributed by atoms with E-state index < -0.39 is 0 Å². The van der Waals surface area contributed by atoms with Gasteiger partial charge < -0.3 is 9.47 Å². The van der Waals surface area contributed by atoms with E-state index in [1.807, 2.05) is 0 Å². The molecule has 0 N–H and O–H groups in total. The van der Waals surface area contributed by atoms with Gasteiger partial charge in [0, 0.05) is 33.2 Å². The quantitative estimate of drug-likeness (QED) is 0.181. The normalized spacial score (nSPS) is 11.3. The van der Waals surface area contributed by atoms with Gasteiger partial charge in [0.15, 0.2) is 0 Å². The maximum Gasteiger partial charge on any atom is 0.0547 e. The molecular formula is C46H32N2. The summed E-state index contributed by atoms with van der Waals surface area (Å²) in [6, 6.07) is 69.8. The van der Waals surface area contributed by atoms with Crippen LogP contribution in [-0.4, -0.2) is 4.57 Å². The minimum atomic E-state index is 1.11. The number of anilines is 3. The Morgan fingerprint density at radius 3 is 1.67 bits per heavy atom. The molecule has 8 aromatic carbocycles. The van der Waals surface area contributed by atoms with Gasteiger partial charge in [-0.3, -0.25) is 0 Å². The van der Waals surface area contributed by atoms with E-state index in [9.17, 15) is 0 Å². The van der Waals surface area contributed by atoms with Gasteiger partial charge in [0.2, 0.25) is 0 Å². The van der Waals surface area contributed by atoms with E-state index in [-0.39, 0.29) is 0 Å². The molecular weight excluding hydrogens is 581 g/mol. The van der Waals surface area contributed by atoms with Gasteiger partial charge in [0.05, 0.1) is 16.7 Å². The third kappa shape index (κ3) is 4.66. The summed E-state index contributed by atoms with van der Waals surface area (Å²) in [5, 5.41) is 4.91. The largest absolute Gasteiger partial charge is 0.310 e. The smallest absolute Gasteiger partial charge is 0.0547 e. The Morgan fingerprint density at radius 2 is 0.958 bits per heavy atom. The molecule has 226 valence electrons. The Balaban J connectivity index is 1.34. The van der Waals surface area contributed by atoms with Crippen molar-refractivity contribution in [3.05, 3.63) is 194 Å². The highest BCUT2D eigenvalue weighted by Crippen LogP contribution is 2.45. The third-order valence-electron chi connectivity index (χ3n) is 9.37. The van der Waals surface area contributed by atoms with E-state index in [2.05, 4.69) is 204 Å². The molecule has 9 aromatic rings. The van der Waals surface area contributed by atoms with Gasteiger partial charge >= 0.3 is 0 Å². The second kappa shape index (κ2) is 11.8. The van der Waals surface area contributed by atoms with Crippen molar-refractivity contribution in [3.63, 3.8) is 0 Å². The summed E-state index contributed by atoms with van der Waals surface area (Å²) in [7, 11) is 0. The van der Waals surface area contributed by atoms with E-state index in [1.165, 1.54) is 54.8 Å². The average molecular weight is 613 g/mol. The third-order valence-corrected chi connectivity index (χ3v) is 9.37. The molecule has 0 saturated heterocycles. The summed E-state index contributed by atoms with van der Waals surface area (Å²) in [6.45, 7) is 0. The highest BCUT2D eigenvalue weighted by molar-refractivity contribution is 6.17. The lowest BCUT2D eigenvalue weighted by Gasteiger charge is -2.27. The number of hydrogen-bond donors (Lipinski definition) is 0. The molecule has 0 fully saturated rings. The molecule has 0 aliphatic heterocycles. The van der Waals surface area contributed by atoms with Crippen LogP contribution in [0.15, 0.2) is 194 Å². The number of para-hydroxylation sites is 2. The monoisotopic (exact) mass is 612 g/mol. The maximum absolute atomic E-state index is 2.41. The molecule has 9 rings (SSSR count). The maximum atomic E-state index is 2.41. The second-order valence-corrected chi connectivity index (χ2v) is 12.2. The van der Waals surface area contributed by atoms with Crippen LogP contribution in [0.25, 0.3) is 60.5 Å². The zero-order valence-corrected chi connectivity index (χ0v) is 26.4. The van der Waals surface area contributed by atoms with Gasteiger partial charge in [-0.05, 0) is 82.2 Å². The number of rotatable bonds is 6. The van der Waals surface area contributed by atoms with Crippen LogP contribution in [0.3, 0.4) is 0 Å². The van der Waals surface area contributed by atoms with Crippen molar-refractivity contribution in [2.24, 2.45) is 0 Å². The van der Waals surface area contributed by atoms with Crippen molar-refractivity contribution in [1.29, 1.82) is 0 Å². The van der Waals surface area contributed by atoms with E-state index in [0.717, 1.165) is 22.7 Å². The summed E-state index contributed by atoms with van der Waals surface area (Å²) < 4.78 is 2.40. The first-order chi connectivity index (χ1) is 23.8. The van der Waals surface area contributed by atoms with E-state index in [4.69, 9.17) is 0 Å². The number of benzene rings is 8. The summed E-state index contributed by atoms with van der Waals surface area (Å²) in [5.41, 5.74) is 11.8. The molecule has 0 unspecified atom stereocenters. The predicted molar refractivity (Wildman–Crippen MR) is 204 cm³/mol. The molecule has 0 aliphatic carbocycles. The zero-order valence-electron chi connectivity index (χ0n) is 26.4. The summed E-state index contributed by atoms with van der Waals surface area (Å²) in [5.74, 6) is 0. The first-order valence-corrected chi connectivity index (χ1v) is 16.5. The van der Waals surface area contributed by atoms with Gasteiger partial charge in [-0.15, -0.1) is 0 Å². The second-order valence-electron chi connectivity index (χ2n) is 12.2. The van der Waals surface area contributed by atoms with Crippen LogP contribution in [0.2, 0.25) is 0 Å². The molecule has 1 aromatic heterocycles. The molecule has 0 radical (unpaired) electrons. The molecule has 1 heterocycles. The van der Waals surface area contributed by atoms with Gasteiger partial charge in [0.25, 0.3) is 0 Å². The predicted octanol–water partition coefficient (Wildman–Crippen LogP) is 12.7. The lowest BCUT2D eigenvalue weighted by Crippen LogP contribution is -2.10. The fourth-order valence-electron chi connectivity index (χ4n) is 7.26. The van der Waals surface area contributed by atoms with E-state index in [1.54, 1.807) is 0 Å². The highest BCUT2D eigenvalue weighted by Gasteiger charge is 2.21. The first kappa shape index (κ1) is 27.9. The van der Waals surface area contributed by atoms with E-state index >= 15 is 0 Å². The van der Waals surface area contributed by atoms with E-state index in [0.29, 0.717) is 0 Å². The standard InChI is InChI=1S/C46H32N2/c1-5-16-33(17-6-1)38-29-31-43(41-25-14-13-24-40(38)41)47(35-20-9-3-10-21-35)37-28-30-44-42(32-37)46-39(34-18-7-2-8-19-34)26-15-27-45(46)48(44)36-22-11-4-12-23-36/h1-32H. The summed E-state index contributed by atoms with van der Waals surface area (Å²) >= 11 is 0. The number of hydrogen-bond acceptors (Lipinski definition) is 1. The SMILES string of the molecule is c1ccc(-c2ccc(N(c3ccccc3)c3ccc4c(c3)c3c(-c5ccccc5)cccc3n4-c3ccccc3)c3ccccc23)cc1. The molecule has 0 saturated carbocycles. The van der Waals surface area contributed by atoms with Gasteiger partial charge in [-0.25, -0.2) is 0 Å². The van der Waals surface area contributed by atoms with Crippen molar-refractivity contribution in [2.45, 2.75) is 0 Å². The van der Waals surface area contributed by atoms with Gasteiger partial charge in [-0.1, -0.05) is 140 Å². The Bertz CT molecular complexity index is 2530. The van der Waals surface area contributed by atoms with Crippen molar-refractivity contribution < 1.29 is 0 Å². The van der Waals surface area contributed by atoms with Crippen LogP contribution in [0.5, 0.6) is 0 Å². The zero-order chi connectivity index (χ0) is 31.9. The number of aromatic nitrogens is 1. The Morgan fingerprint density at radius 1 is 0.354 bits per heavy atom. The lowest BCUT2D eigenvalue weighted by atomic mass is 9.96. The molecule has 0 spiro atoms. The molecule has 0 atom stereocenters. The average Bonchev–Trinajstić information content (AvgIpc) is 3.50. The van der Waals surface area contributed by atoms with Crippen LogP contribution in [0.4, 0.5) is 17.1 Å². The Labute approximate surface area is 280 Å². The van der Waals surface area contributed by atoms with Crippen molar-refractivity contribution >= 4 is 49.6 Å². The summed E-state index contributed by atoms with van der Waals surface area (Å²) in [4.78, 5) is 2.41. The fraction of sp³-hybridized carbons (Fsp3) is 0.